The number of amides is 1. The molecule has 0 aliphatic carbocycles. The van der Waals surface area contributed by atoms with Crippen LogP contribution in [0.4, 0.5) is 11.4 Å². The van der Waals surface area contributed by atoms with Crippen molar-refractivity contribution in [3.05, 3.63) is 108 Å². The lowest BCUT2D eigenvalue weighted by atomic mass is 10.1. The highest BCUT2D eigenvalue weighted by Gasteiger charge is 2.10. The average molecular weight is 409 g/mol. The van der Waals surface area contributed by atoms with Gasteiger partial charge in [-0.2, -0.15) is 0 Å². The number of azo groups is 1. The van der Waals surface area contributed by atoms with Gasteiger partial charge in [0.1, 0.15) is 0 Å². The van der Waals surface area contributed by atoms with Gasteiger partial charge in [0.05, 0.1) is 16.9 Å². The van der Waals surface area contributed by atoms with Crippen LogP contribution in [0.2, 0.25) is 0 Å². The molecule has 0 radical (unpaired) electrons. The quantitative estimate of drug-likeness (QED) is 0.312. The molecule has 1 N–H and O–H groups in total. The van der Waals surface area contributed by atoms with Gasteiger partial charge in [0, 0.05) is 5.56 Å². The van der Waals surface area contributed by atoms with Gasteiger partial charge >= 0.3 is 5.97 Å². The zero-order chi connectivity index (χ0) is 21.6. The number of benzene rings is 4. The van der Waals surface area contributed by atoms with Gasteiger partial charge in [-0.1, -0.05) is 48.5 Å². The summed E-state index contributed by atoms with van der Waals surface area (Å²) >= 11 is 0. The summed E-state index contributed by atoms with van der Waals surface area (Å²) in [7, 11) is 0. The summed E-state index contributed by atoms with van der Waals surface area (Å²) < 4.78 is 0. The van der Waals surface area contributed by atoms with Crippen LogP contribution in [0.1, 0.15) is 26.3 Å². The van der Waals surface area contributed by atoms with E-state index in [4.69, 9.17) is 4.84 Å². The summed E-state index contributed by atoms with van der Waals surface area (Å²) in [6.07, 6.45) is 0. The molecule has 6 nitrogen and oxygen atoms in total. The smallest absolute Gasteiger partial charge is 0.338 e. The van der Waals surface area contributed by atoms with E-state index in [0.29, 0.717) is 22.5 Å². The molecule has 6 heteroatoms. The van der Waals surface area contributed by atoms with Gasteiger partial charge < -0.3 is 4.84 Å². The van der Waals surface area contributed by atoms with Crippen molar-refractivity contribution in [2.24, 2.45) is 10.2 Å². The van der Waals surface area contributed by atoms with Crippen molar-refractivity contribution in [2.75, 3.05) is 5.48 Å². The van der Waals surface area contributed by atoms with Crippen LogP contribution in [-0.2, 0) is 4.84 Å². The number of nitrogens with zero attached hydrogens (tertiary/aromatic N) is 2. The van der Waals surface area contributed by atoms with Crippen LogP contribution in [0.25, 0.3) is 10.8 Å². The second kappa shape index (κ2) is 9.00. The minimum absolute atomic E-state index is 0.417. The van der Waals surface area contributed by atoms with E-state index in [1.807, 2.05) is 49.4 Å². The zero-order valence-corrected chi connectivity index (χ0v) is 16.8. The van der Waals surface area contributed by atoms with E-state index in [0.717, 1.165) is 16.3 Å². The van der Waals surface area contributed by atoms with E-state index in [-0.39, 0.29) is 0 Å². The molecule has 0 unspecified atom stereocenters. The third-order valence-electron chi connectivity index (χ3n) is 4.75. The van der Waals surface area contributed by atoms with Crippen LogP contribution in [0, 0.1) is 6.92 Å². The highest BCUT2D eigenvalue weighted by Crippen LogP contribution is 2.20. The van der Waals surface area contributed by atoms with Gasteiger partial charge in [-0.25, -0.2) is 10.3 Å². The Morgan fingerprint density at radius 2 is 1.52 bits per heavy atom. The maximum Gasteiger partial charge on any atom is 0.363 e. The maximum atomic E-state index is 12.3. The molecule has 1 amide bonds. The van der Waals surface area contributed by atoms with Crippen molar-refractivity contribution in [1.82, 2.24) is 0 Å². The molecule has 0 spiro atoms. The Bertz CT molecular complexity index is 1280. The molecular formula is C25H19N3O3. The molecule has 0 fully saturated rings. The maximum absolute atomic E-state index is 12.3. The topological polar surface area (TPSA) is 80.1 Å². The lowest BCUT2D eigenvalue weighted by Crippen LogP contribution is -2.11. The van der Waals surface area contributed by atoms with Gasteiger partial charge in [0.25, 0.3) is 5.91 Å². The molecule has 0 saturated heterocycles. The number of hydrogen-bond acceptors (Lipinski definition) is 5. The van der Waals surface area contributed by atoms with E-state index >= 15 is 0 Å². The van der Waals surface area contributed by atoms with Crippen LogP contribution >= 0.6 is 0 Å². The number of carbonyl (C=O) groups excluding carboxylic acids is 2. The fraction of sp³-hybridized carbons (Fsp3) is 0.0400. The molecular weight excluding hydrogens is 390 g/mol. The zero-order valence-electron chi connectivity index (χ0n) is 16.8. The molecule has 0 aromatic heterocycles. The largest absolute Gasteiger partial charge is 0.363 e. The van der Waals surface area contributed by atoms with E-state index in [1.165, 1.54) is 0 Å². The van der Waals surface area contributed by atoms with Gasteiger partial charge in [-0.05, 0) is 65.7 Å². The molecule has 0 heterocycles. The van der Waals surface area contributed by atoms with E-state index in [2.05, 4.69) is 15.7 Å². The molecule has 0 saturated carbocycles. The van der Waals surface area contributed by atoms with E-state index < -0.39 is 11.9 Å². The Morgan fingerprint density at radius 1 is 0.806 bits per heavy atom. The number of carbonyl (C=O) groups is 2. The monoisotopic (exact) mass is 409 g/mol. The summed E-state index contributed by atoms with van der Waals surface area (Å²) in [5.41, 5.74) is 5.50. The van der Waals surface area contributed by atoms with Crippen LogP contribution in [0.15, 0.2) is 101 Å². The molecule has 4 aromatic carbocycles. The summed E-state index contributed by atoms with van der Waals surface area (Å²) in [6.45, 7) is 1.84. The Labute approximate surface area is 179 Å². The van der Waals surface area contributed by atoms with Crippen LogP contribution in [0.3, 0.4) is 0 Å². The molecule has 4 rings (SSSR count). The molecule has 0 bridgehead atoms. The Balaban J connectivity index is 1.37. The molecule has 0 atom stereocenters. The van der Waals surface area contributed by atoms with Crippen molar-refractivity contribution >= 4 is 34.0 Å². The molecule has 31 heavy (non-hydrogen) atoms. The van der Waals surface area contributed by atoms with Crippen molar-refractivity contribution in [2.45, 2.75) is 6.92 Å². The van der Waals surface area contributed by atoms with Gasteiger partial charge in [-0.15, -0.1) is 10.2 Å². The van der Waals surface area contributed by atoms with Crippen molar-refractivity contribution in [1.29, 1.82) is 0 Å². The second-order valence-corrected chi connectivity index (χ2v) is 6.92. The van der Waals surface area contributed by atoms with Crippen LogP contribution < -0.4 is 5.48 Å². The van der Waals surface area contributed by atoms with Crippen molar-refractivity contribution in [3.8, 4) is 0 Å². The molecule has 0 aliphatic rings. The van der Waals surface area contributed by atoms with Crippen molar-refractivity contribution < 1.29 is 14.4 Å². The Morgan fingerprint density at radius 3 is 2.29 bits per heavy atom. The first-order valence-corrected chi connectivity index (χ1v) is 9.68. The lowest BCUT2D eigenvalue weighted by molar-refractivity contribution is 0.0595. The molecule has 0 aliphatic heterocycles. The summed E-state index contributed by atoms with van der Waals surface area (Å²) in [6, 6.07) is 27.1. The summed E-state index contributed by atoms with van der Waals surface area (Å²) in [4.78, 5) is 29.6. The average Bonchev–Trinajstić information content (AvgIpc) is 2.81. The number of hydrogen-bond donors (Lipinski definition) is 1. The fourth-order valence-electron chi connectivity index (χ4n) is 3.04. The normalized spacial score (nSPS) is 10.9. The van der Waals surface area contributed by atoms with Gasteiger partial charge in [0.15, 0.2) is 0 Å². The summed E-state index contributed by atoms with van der Waals surface area (Å²) in [5.74, 6) is -0.886. The van der Waals surface area contributed by atoms with Gasteiger partial charge in [-0.3, -0.25) is 4.79 Å². The number of rotatable bonds is 5. The van der Waals surface area contributed by atoms with Crippen LogP contribution in [-0.4, -0.2) is 11.9 Å². The first-order valence-electron chi connectivity index (χ1n) is 9.68. The summed E-state index contributed by atoms with van der Waals surface area (Å²) in [5, 5.41) is 9.83. The second-order valence-electron chi connectivity index (χ2n) is 6.92. The molecule has 4 aromatic rings. The standard InChI is InChI=1S/C25H19N3O3/c1-17-6-2-5-9-23(17)25(30)31-28-22-14-12-21(13-15-22)26-27-24(29)20-11-10-18-7-3-4-8-19(18)16-20/h2-16,28H,1H3. The third-order valence-corrected chi connectivity index (χ3v) is 4.75. The predicted octanol–water partition coefficient (Wildman–Crippen LogP) is 6.26. The fourth-order valence-corrected chi connectivity index (χ4v) is 3.04. The van der Waals surface area contributed by atoms with E-state index in [9.17, 15) is 9.59 Å². The molecule has 152 valence electrons. The lowest BCUT2D eigenvalue weighted by Gasteiger charge is -2.08. The number of anilines is 1. The Kier molecular flexibility index (Phi) is 5.80. The SMILES string of the molecule is Cc1ccccc1C(=O)ONc1ccc(N=NC(=O)c2ccc3ccccc3c2)cc1. The highest BCUT2D eigenvalue weighted by atomic mass is 16.7. The van der Waals surface area contributed by atoms with E-state index in [1.54, 1.807) is 48.5 Å². The number of aryl methyl sites for hydroxylation is 1. The minimum Gasteiger partial charge on any atom is -0.338 e. The Hall–Kier alpha value is -4.32. The number of fused-ring (bicyclic) bond motifs is 1. The van der Waals surface area contributed by atoms with Gasteiger partial charge in [0.2, 0.25) is 0 Å². The number of nitrogens with one attached hydrogen (secondary N) is 1. The van der Waals surface area contributed by atoms with Crippen molar-refractivity contribution in [3.63, 3.8) is 0 Å². The first-order chi connectivity index (χ1) is 15.1. The highest BCUT2D eigenvalue weighted by molar-refractivity contribution is 5.99. The first kappa shape index (κ1) is 20.0. The van der Waals surface area contributed by atoms with Crippen LogP contribution in [0.5, 0.6) is 0 Å². The minimum atomic E-state index is -0.470. The predicted molar refractivity (Wildman–Crippen MR) is 119 cm³/mol. The third kappa shape index (κ3) is 4.82.